The fourth-order valence-electron chi connectivity index (χ4n) is 2.31. The van der Waals surface area contributed by atoms with Gasteiger partial charge < -0.3 is 52.1 Å². The molecule has 0 saturated heterocycles. The van der Waals surface area contributed by atoms with E-state index in [-0.39, 0.29) is 59.3 Å². The summed E-state index contributed by atoms with van der Waals surface area (Å²) in [5.74, 6) is -1.55. The summed E-state index contributed by atoms with van der Waals surface area (Å²) in [5, 5.41) is 0. The average Bonchev–Trinajstić information content (AvgIpc) is 3.06. The van der Waals surface area contributed by atoms with E-state index in [4.69, 9.17) is 33.2 Å². The van der Waals surface area contributed by atoms with Gasteiger partial charge in [-0.3, -0.25) is 0 Å². The summed E-state index contributed by atoms with van der Waals surface area (Å²) >= 11 is 0. The van der Waals surface area contributed by atoms with Crippen LogP contribution in [0.3, 0.4) is 0 Å². The molecule has 0 saturated carbocycles. The molecular formula is C32H54O17. The Morgan fingerprint density at radius 2 is 0.776 bits per heavy atom. The van der Waals surface area contributed by atoms with Gasteiger partial charge in [0, 0.05) is 18.2 Å². The minimum Gasteiger partial charge on any atom is -0.460 e. The van der Waals surface area contributed by atoms with Crippen LogP contribution >= 0.6 is 0 Å². The molecule has 0 amide bonds. The first-order chi connectivity index (χ1) is 22.6. The molecule has 0 aromatic carbocycles. The molecule has 17 nitrogen and oxygen atoms in total. The van der Waals surface area contributed by atoms with Crippen molar-refractivity contribution in [3.8, 4) is 0 Å². The summed E-state index contributed by atoms with van der Waals surface area (Å²) in [5.41, 5.74) is 0. The van der Waals surface area contributed by atoms with Crippen molar-refractivity contribution in [3.05, 3.63) is 38.0 Å². The Balaban J connectivity index is -0.000000309. The van der Waals surface area contributed by atoms with Gasteiger partial charge in [-0.2, -0.15) is 0 Å². The van der Waals surface area contributed by atoms with Gasteiger partial charge in [0.1, 0.15) is 38.1 Å². The molecule has 0 radical (unpaired) electrons. The smallest absolute Gasteiger partial charge is 0.460 e. The third-order valence-corrected chi connectivity index (χ3v) is 4.60. The van der Waals surface area contributed by atoms with E-state index in [0.29, 0.717) is 0 Å². The van der Waals surface area contributed by atoms with E-state index in [1.165, 1.54) is 14.2 Å². The maximum atomic E-state index is 10.8. The molecular weight excluding hydrogens is 656 g/mol. The van der Waals surface area contributed by atoms with E-state index in [1.54, 1.807) is 41.5 Å². The Bertz CT molecular complexity index is 927. The first-order valence-corrected chi connectivity index (χ1v) is 14.5. The molecule has 0 rings (SSSR count). The number of carbonyl (C=O) groups excluding carboxylic acids is 6. The molecule has 49 heavy (non-hydrogen) atoms. The van der Waals surface area contributed by atoms with Gasteiger partial charge >= 0.3 is 36.4 Å². The molecule has 0 heterocycles. The molecule has 5 atom stereocenters. The molecule has 5 unspecified atom stereocenters. The van der Waals surface area contributed by atoms with Crippen LogP contribution < -0.4 is 0 Å². The second-order valence-electron chi connectivity index (χ2n) is 9.17. The van der Waals surface area contributed by atoms with Crippen molar-refractivity contribution < 1.29 is 80.9 Å². The molecule has 0 N–H and O–H groups in total. The largest absolute Gasteiger partial charge is 0.508 e. The number of hydrogen-bond acceptors (Lipinski definition) is 17. The molecule has 0 aliphatic rings. The average molecular weight is 711 g/mol. The third-order valence-electron chi connectivity index (χ3n) is 4.60. The standard InChI is InChI=1S/2C11H18O6.C9H14O5.CH4/c2*1-5-10(12)16-6-8(2)15-7-9(3)17-11(13)14-4;1-4-8(10)13-6-7(3)14-9(11)12-5-2;/h2*5,8-9H,1,6-7H2,2-4H3;4,7H,1,5-6H2,2-3H3;1H4. The highest BCUT2D eigenvalue weighted by molar-refractivity contribution is 5.81. The van der Waals surface area contributed by atoms with Gasteiger partial charge in [-0.15, -0.1) is 0 Å². The zero-order chi connectivity index (χ0) is 37.5. The van der Waals surface area contributed by atoms with Crippen LogP contribution in [0.25, 0.3) is 0 Å². The number of rotatable bonds is 19. The predicted molar refractivity (Wildman–Crippen MR) is 174 cm³/mol. The molecule has 0 fully saturated rings. The van der Waals surface area contributed by atoms with Gasteiger partial charge in [0.2, 0.25) is 0 Å². The first kappa shape index (κ1) is 51.2. The lowest BCUT2D eigenvalue weighted by molar-refractivity contribution is -0.143. The van der Waals surface area contributed by atoms with Crippen LogP contribution in [-0.2, 0) is 66.5 Å². The van der Waals surface area contributed by atoms with Crippen LogP contribution in [0, 0.1) is 0 Å². The summed E-state index contributed by atoms with van der Waals surface area (Å²) in [6, 6.07) is 0. The minimum atomic E-state index is -0.769. The van der Waals surface area contributed by atoms with Crippen LogP contribution in [-0.4, -0.2) is 121 Å². The Labute approximate surface area is 288 Å². The Hall–Kier alpha value is -4.64. The van der Waals surface area contributed by atoms with Crippen LogP contribution in [0.15, 0.2) is 38.0 Å². The van der Waals surface area contributed by atoms with E-state index in [2.05, 4.69) is 38.7 Å². The van der Waals surface area contributed by atoms with Gasteiger partial charge in [0.15, 0.2) is 0 Å². The van der Waals surface area contributed by atoms with Crippen molar-refractivity contribution in [1.29, 1.82) is 0 Å². The SMILES string of the molecule is C.C=CC(=O)OCC(C)OC(=O)OCC.C=CC(=O)OCC(C)OCC(C)OC(=O)OC.C=CC(=O)OCC(C)OCC(C)OC(=O)OC. The second kappa shape index (κ2) is 33.3. The molecule has 0 aliphatic carbocycles. The van der Waals surface area contributed by atoms with Crippen molar-refractivity contribution in [1.82, 2.24) is 0 Å². The first-order valence-electron chi connectivity index (χ1n) is 14.5. The quantitative estimate of drug-likeness (QED) is 0.103. The molecule has 0 spiro atoms. The number of methoxy groups -OCH3 is 2. The normalized spacial score (nSPS) is 12.5. The van der Waals surface area contributed by atoms with Gasteiger partial charge in [-0.25, -0.2) is 28.8 Å². The van der Waals surface area contributed by atoms with Crippen LogP contribution in [0.4, 0.5) is 14.4 Å². The minimum absolute atomic E-state index is 0. The van der Waals surface area contributed by atoms with Crippen LogP contribution in [0.1, 0.15) is 49.0 Å². The number of carbonyl (C=O) groups is 6. The van der Waals surface area contributed by atoms with Gasteiger partial charge in [0.25, 0.3) is 0 Å². The molecule has 0 aromatic rings. The summed E-state index contributed by atoms with van der Waals surface area (Å²) < 4.78 is 52.2. The maximum Gasteiger partial charge on any atom is 0.508 e. The van der Waals surface area contributed by atoms with Crippen molar-refractivity contribution in [2.75, 3.05) is 53.9 Å². The topological polar surface area (TPSA) is 204 Å². The van der Waals surface area contributed by atoms with E-state index < -0.39 is 54.7 Å². The lowest BCUT2D eigenvalue weighted by Crippen LogP contribution is -2.25. The van der Waals surface area contributed by atoms with Crippen molar-refractivity contribution >= 4 is 36.4 Å². The molecule has 17 heteroatoms. The zero-order valence-corrected chi connectivity index (χ0v) is 28.9. The van der Waals surface area contributed by atoms with Gasteiger partial charge in [0.05, 0.1) is 46.2 Å². The molecule has 0 bridgehead atoms. The zero-order valence-electron chi connectivity index (χ0n) is 28.9. The fourth-order valence-corrected chi connectivity index (χ4v) is 2.31. The van der Waals surface area contributed by atoms with Crippen molar-refractivity contribution in [3.63, 3.8) is 0 Å². The second-order valence-corrected chi connectivity index (χ2v) is 9.17. The summed E-state index contributed by atoms with van der Waals surface area (Å²) in [4.78, 5) is 64.4. The highest BCUT2D eigenvalue weighted by Gasteiger charge is 2.14. The highest BCUT2D eigenvalue weighted by Crippen LogP contribution is 2.01. The Morgan fingerprint density at radius 1 is 0.490 bits per heavy atom. The fraction of sp³-hybridized carbons (Fsp3) is 0.625. The van der Waals surface area contributed by atoms with Crippen molar-refractivity contribution in [2.24, 2.45) is 0 Å². The van der Waals surface area contributed by atoms with Gasteiger partial charge in [-0.05, 0) is 41.5 Å². The lowest BCUT2D eigenvalue weighted by Gasteiger charge is -2.16. The Kier molecular flexibility index (Phi) is 34.8. The number of esters is 3. The van der Waals surface area contributed by atoms with Crippen molar-refractivity contribution in [2.45, 2.75) is 79.5 Å². The van der Waals surface area contributed by atoms with E-state index in [1.807, 2.05) is 0 Å². The van der Waals surface area contributed by atoms with E-state index in [0.717, 1.165) is 18.2 Å². The summed E-state index contributed by atoms with van der Waals surface area (Å²) in [7, 11) is 2.46. The van der Waals surface area contributed by atoms with E-state index in [9.17, 15) is 28.8 Å². The van der Waals surface area contributed by atoms with Gasteiger partial charge in [-0.1, -0.05) is 27.2 Å². The molecule has 0 aromatic heterocycles. The monoisotopic (exact) mass is 710 g/mol. The maximum absolute atomic E-state index is 10.8. The number of ether oxygens (including phenoxy) is 11. The number of hydrogen-bond donors (Lipinski definition) is 0. The molecule has 284 valence electrons. The summed E-state index contributed by atoms with van der Waals surface area (Å²) in [6.07, 6.45) is -1.06. The van der Waals surface area contributed by atoms with E-state index >= 15 is 0 Å². The Morgan fingerprint density at radius 3 is 1.06 bits per heavy atom. The van der Waals surface area contributed by atoms with Crippen LogP contribution in [0.5, 0.6) is 0 Å². The predicted octanol–water partition coefficient (Wildman–Crippen LogP) is 4.50. The van der Waals surface area contributed by atoms with Crippen LogP contribution in [0.2, 0.25) is 0 Å². The molecule has 0 aliphatic heterocycles. The third kappa shape index (κ3) is 36.0. The summed E-state index contributed by atoms with van der Waals surface area (Å²) in [6.45, 7) is 20.7. The highest BCUT2D eigenvalue weighted by atomic mass is 16.7. The lowest BCUT2D eigenvalue weighted by atomic mass is 10.4.